The monoisotopic (exact) mass is 313 g/mol. The number of thiazole rings is 1. The van der Waals surface area contributed by atoms with E-state index >= 15 is 0 Å². The Labute approximate surface area is 126 Å². The van der Waals surface area contributed by atoms with Gasteiger partial charge in [-0.15, -0.1) is 11.3 Å². The topological polar surface area (TPSA) is 59.2 Å². The first-order valence-electron chi connectivity index (χ1n) is 6.29. The number of aryl methyl sites for hydroxylation is 2. The van der Waals surface area contributed by atoms with Gasteiger partial charge >= 0.3 is 0 Å². The lowest BCUT2D eigenvalue weighted by Crippen LogP contribution is -2.28. The molecule has 0 radical (unpaired) electrons. The van der Waals surface area contributed by atoms with Crippen LogP contribution in [0, 0.1) is 6.92 Å². The van der Waals surface area contributed by atoms with E-state index in [0.717, 1.165) is 17.1 Å². The summed E-state index contributed by atoms with van der Waals surface area (Å²) in [4.78, 5) is 18.3. The SMILES string of the molecule is CCc1nc(CN(C)C(=O)Cc2c(C)noc2Cl)cs1. The fourth-order valence-electron chi connectivity index (χ4n) is 1.76. The number of rotatable bonds is 5. The minimum atomic E-state index is -0.0377. The molecular formula is C13H16ClN3O2S. The molecule has 2 aromatic heterocycles. The van der Waals surface area contributed by atoms with Crippen LogP contribution >= 0.6 is 22.9 Å². The molecular weight excluding hydrogens is 298 g/mol. The van der Waals surface area contributed by atoms with Crippen molar-refractivity contribution in [1.29, 1.82) is 0 Å². The van der Waals surface area contributed by atoms with Gasteiger partial charge in [0.1, 0.15) is 0 Å². The second-order valence-corrected chi connectivity index (χ2v) is 5.82. The Hall–Kier alpha value is -1.40. The van der Waals surface area contributed by atoms with Crippen molar-refractivity contribution in [3.8, 4) is 0 Å². The van der Waals surface area contributed by atoms with Crippen LogP contribution in [0.2, 0.25) is 5.22 Å². The van der Waals surface area contributed by atoms with E-state index in [1.54, 1.807) is 30.2 Å². The second-order valence-electron chi connectivity index (χ2n) is 4.53. The lowest BCUT2D eigenvalue weighted by molar-refractivity contribution is -0.129. The summed E-state index contributed by atoms with van der Waals surface area (Å²) in [7, 11) is 1.75. The summed E-state index contributed by atoms with van der Waals surface area (Å²) in [5.74, 6) is -0.0377. The molecule has 0 N–H and O–H groups in total. The van der Waals surface area contributed by atoms with Gasteiger partial charge in [0.15, 0.2) is 0 Å². The number of carbonyl (C=O) groups excluding carboxylic acids is 1. The maximum atomic E-state index is 12.2. The standard InChI is InChI=1S/C13H16ClN3O2S/c1-4-11-15-9(7-20-11)6-17(3)12(18)5-10-8(2)16-19-13(10)14/h7H,4-6H2,1-3H3. The number of halogens is 1. The maximum absolute atomic E-state index is 12.2. The van der Waals surface area contributed by atoms with E-state index in [1.807, 2.05) is 5.38 Å². The Kier molecular flexibility index (Phi) is 4.77. The molecule has 0 saturated carbocycles. The third kappa shape index (κ3) is 3.37. The van der Waals surface area contributed by atoms with E-state index in [9.17, 15) is 4.79 Å². The highest BCUT2D eigenvalue weighted by Gasteiger charge is 2.18. The van der Waals surface area contributed by atoms with E-state index in [0.29, 0.717) is 17.8 Å². The summed E-state index contributed by atoms with van der Waals surface area (Å²) in [6, 6.07) is 0. The summed E-state index contributed by atoms with van der Waals surface area (Å²) in [6.45, 7) is 4.33. The minimum absolute atomic E-state index is 0.0377. The van der Waals surface area contributed by atoms with Crippen molar-refractivity contribution in [3.05, 3.63) is 32.6 Å². The van der Waals surface area contributed by atoms with Crippen LogP contribution < -0.4 is 0 Å². The third-order valence-electron chi connectivity index (χ3n) is 2.99. The van der Waals surface area contributed by atoms with Crippen molar-refractivity contribution >= 4 is 28.8 Å². The first kappa shape index (κ1) is 15.0. The fourth-order valence-corrected chi connectivity index (χ4v) is 2.73. The first-order chi connectivity index (χ1) is 9.51. The molecule has 1 amide bonds. The molecule has 2 heterocycles. The van der Waals surface area contributed by atoms with Gasteiger partial charge in [0, 0.05) is 18.0 Å². The van der Waals surface area contributed by atoms with Crippen molar-refractivity contribution in [3.63, 3.8) is 0 Å². The van der Waals surface area contributed by atoms with Crippen molar-refractivity contribution < 1.29 is 9.32 Å². The Morgan fingerprint density at radius 2 is 2.30 bits per heavy atom. The molecule has 5 nitrogen and oxygen atoms in total. The second kappa shape index (κ2) is 6.37. The van der Waals surface area contributed by atoms with Crippen LogP contribution in [0.3, 0.4) is 0 Å². The van der Waals surface area contributed by atoms with E-state index in [1.165, 1.54) is 0 Å². The van der Waals surface area contributed by atoms with Crippen LogP contribution in [0.5, 0.6) is 0 Å². The van der Waals surface area contributed by atoms with Crippen LogP contribution in [0.1, 0.15) is 28.9 Å². The predicted molar refractivity (Wildman–Crippen MR) is 77.9 cm³/mol. The van der Waals surface area contributed by atoms with Gasteiger partial charge in [-0.25, -0.2) is 4.98 Å². The molecule has 0 spiro atoms. The number of nitrogens with zero attached hydrogens (tertiary/aromatic N) is 3. The van der Waals surface area contributed by atoms with Crippen molar-refractivity contribution in [2.75, 3.05) is 7.05 Å². The van der Waals surface area contributed by atoms with Gasteiger partial charge in [0.2, 0.25) is 11.1 Å². The van der Waals surface area contributed by atoms with Gasteiger partial charge in [-0.1, -0.05) is 12.1 Å². The van der Waals surface area contributed by atoms with Crippen LogP contribution in [0.25, 0.3) is 0 Å². The van der Waals surface area contributed by atoms with Crippen LogP contribution in [-0.2, 0) is 24.2 Å². The molecule has 0 fully saturated rings. The van der Waals surface area contributed by atoms with Crippen LogP contribution in [-0.4, -0.2) is 28.0 Å². The summed E-state index contributed by atoms with van der Waals surface area (Å²) >= 11 is 7.48. The van der Waals surface area contributed by atoms with Crippen LogP contribution in [0.15, 0.2) is 9.90 Å². The Balaban J connectivity index is 1.98. The van der Waals surface area contributed by atoms with Crippen LogP contribution in [0.4, 0.5) is 0 Å². The van der Waals surface area contributed by atoms with Crippen molar-refractivity contribution in [2.24, 2.45) is 0 Å². The number of hydrogen-bond acceptors (Lipinski definition) is 5. The molecule has 0 aromatic carbocycles. The highest BCUT2D eigenvalue weighted by atomic mass is 35.5. The largest absolute Gasteiger partial charge is 0.344 e. The van der Waals surface area contributed by atoms with E-state index in [-0.39, 0.29) is 17.5 Å². The summed E-state index contributed by atoms with van der Waals surface area (Å²) < 4.78 is 4.85. The van der Waals surface area contributed by atoms with Gasteiger partial charge in [-0.05, 0) is 24.9 Å². The van der Waals surface area contributed by atoms with Crippen molar-refractivity contribution in [2.45, 2.75) is 33.2 Å². The fraction of sp³-hybridized carbons (Fsp3) is 0.462. The Morgan fingerprint density at radius 3 is 2.85 bits per heavy atom. The zero-order valence-corrected chi connectivity index (χ0v) is 13.2. The number of amides is 1. The number of hydrogen-bond donors (Lipinski definition) is 0. The average molecular weight is 314 g/mol. The highest BCUT2D eigenvalue weighted by Crippen LogP contribution is 2.20. The third-order valence-corrected chi connectivity index (χ3v) is 4.33. The molecule has 0 bridgehead atoms. The van der Waals surface area contributed by atoms with Gasteiger partial charge in [-0.2, -0.15) is 0 Å². The van der Waals surface area contributed by atoms with Gasteiger partial charge in [0.25, 0.3) is 0 Å². The number of likely N-dealkylation sites (N-methyl/N-ethyl adjacent to an activating group) is 1. The minimum Gasteiger partial charge on any atom is -0.344 e. The Bertz CT molecular complexity index is 589. The summed E-state index contributed by atoms with van der Waals surface area (Å²) in [5, 5.41) is 6.99. The maximum Gasteiger partial charge on any atom is 0.229 e. The Morgan fingerprint density at radius 1 is 1.55 bits per heavy atom. The van der Waals surface area contributed by atoms with E-state index < -0.39 is 0 Å². The zero-order valence-electron chi connectivity index (χ0n) is 11.6. The molecule has 20 heavy (non-hydrogen) atoms. The molecule has 0 aliphatic carbocycles. The average Bonchev–Trinajstić information content (AvgIpc) is 3.00. The van der Waals surface area contributed by atoms with Gasteiger partial charge < -0.3 is 9.42 Å². The molecule has 2 rings (SSSR count). The highest BCUT2D eigenvalue weighted by molar-refractivity contribution is 7.09. The molecule has 2 aromatic rings. The van der Waals surface area contributed by atoms with Gasteiger partial charge in [0.05, 0.1) is 29.4 Å². The molecule has 7 heteroatoms. The summed E-state index contributed by atoms with van der Waals surface area (Å²) in [6.07, 6.45) is 1.10. The lowest BCUT2D eigenvalue weighted by atomic mass is 10.2. The predicted octanol–water partition coefficient (Wildman–Crippen LogP) is 2.86. The molecule has 0 saturated heterocycles. The van der Waals surface area contributed by atoms with Gasteiger partial charge in [-0.3, -0.25) is 4.79 Å². The van der Waals surface area contributed by atoms with E-state index in [4.69, 9.17) is 16.1 Å². The van der Waals surface area contributed by atoms with E-state index in [2.05, 4.69) is 17.1 Å². The first-order valence-corrected chi connectivity index (χ1v) is 7.55. The smallest absolute Gasteiger partial charge is 0.229 e. The molecule has 0 aliphatic heterocycles. The quantitative estimate of drug-likeness (QED) is 0.851. The molecule has 0 atom stereocenters. The lowest BCUT2D eigenvalue weighted by Gasteiger charge is -2.15. The zero-order chi connectivity index (χ0) is 14.7. The summed E-state index contributed by atoms with van der Waals surface area (Å²) in [5.41, 5.74) is 2.21. The molecule has 0 aliphatic rings. The molecule has 0 unspecified atom stereocenters. The normalized spacial score (nSPS) is 10.8. The molecule has 108 valence electrons. The number of aromatic nitrogens is 2. The number of carbonyl (C=O) groups is 1. The van der Waals surface area contributed by atoms with Crippen molar-refractivity contribution in [1.82, 2.24) is 15.0 Å².